The largest absolute Gasteiger partial charge is 0.435 e. The molecule has 1 amide bonds. The Morgan fingerprint density at radius 2 is 1.89 bits per heavy atom. The summed E-state index contributed by atoms with van der Waals surface area (Å²) in [6.45, 7) is 0. The van der Waals surface area contributed by atoms with Gasteiger partial charge in [0.05, 0.1) is 39.5 Å². The van der Waals surface area contributed by atoms with E-state index < -0.39 is 24.2 Å². The highest BCUT2D eigenvalue weighted by Gasteiger charge is 2.38. The number of nitrogens with one attached hydrogen (secondary N) is 1. The molecule has 10 heteroatoms. The average molecular weight is 413 g/mol. The van der Waals surface area contributed by atoms with Gasteiger partial charge in [-0.05, 0) is 24.3 Å². The van der Waals surface area contributed by atoms with E-state index in [4.69, 9.17) is 28.5 Å². The second-order valence-corrected chi connectivity index (χ2v) is 6.22. The SMILES string of the molecule is N#CCc1c(C(F)(F)F)nc2c(NC(=O)c3c(Cl)cccc3Cl)cccn12. The summed E-state index contributed by atoms with van der Waals surface area (Å²) in [6, 6.07) is 9.00. The minimum atomic E-state index is -4.74. The molecule has 0 saturated heterocycles. The van der Waals surface area contributed by atoms with E-state index in [1.165, 1.54) is 30.5 Å². The number of amides is 1. The Morgan fingerprint density at radius 3 is 2.48 bits per heavy atom. The number of alkyl halides is 3. The summed E-state index contributed by atoms with van der Waals surface area (Å²) < 4.78 is 40.9. The Labute approximate surface area is 160 Å². The third-order valence-corrected chi connectivity index (χ3v) is 4.33. The lowest BCUT2D eigenvalue weighted by molar-refractivity contribution is -0.141. The average Bonchev–Trinajstić information content (AvgIpc) is 2.95. The Morgan fingerprint density at radius 1 is 1.22 bits per heavy atom. The van der Waals surface area contributed by atoms with Crippen molar-refractivity contribution < 1.29 is 18.0 Å². The minimum absolute atomic E-state index is 0.0114. The van der Waals surface area contributed by atoms with E-state index in [0.717, 1.165) is 4.40 Å². The highest BCUT2D eigenvalue weighted by Crippen LogP contribution is 2.34. The molecule has 0 bridgehead atoms. The molecule has 5 nitrogen and oxygen atoms in total. The fourth-order valence-electron chi connectivity index (χ4n) is 2.58. The number of carbonyl (C=O) groups is 1. The van der Waals surface area contributed by atoms with Gasteiger partial charge in [0.1, 0.15) is 0 Å². The van der Waals surface area contributed by atoms with Gasteiger partial charge in [0.25, 0.3) is 5.91 Å². The van der Waals surface area contributed by atoms with E-state index in [1.807, 2.05) is 0 Å². The highest BCUT2D eigenvalue weighted by molar-refractivity contribution is 6.40. The van der Waals surface area contributed by atoms with E-state index in [-0.39, 0.29) is 32.6 Å². The number of rotatable bonds is 3. The molecule has 0 saturated carbocycles. The van der Waals surface area contributed by atoms with Crippen molar-refractivity contribution in [3.05, 3.63) is 63.5 Å². The van der Waals surface area contributed by atoms with E-state index >= 15 is 0 Å². The van der Waals surface area contributed by atoms with Crippen LogP contribution in [0.4, 0.5) is 18.9 Å². The lowest BCUT2D eigenvalue weighted by atomic mass is 10.2. The fourth-order valence-corrected chi connectivity index (χ4v) is 3.15. The molecule has 0 spiro atoms. The lowest BCUT2D eigenvalue weighted by Crippen LogP contribution is -2.14. The molecule has 2 aromatic heterocycles. The van der Waals surface area contributed by atoms with Crippen LogP contribution in [0.3, 0.4) is 0 Å². The van der Waals surface area contributed by atoms with Crippen LogP contribution in [-0.4, -0.2) is 15.3 Å². The maximum Gasteiger partial charge on any atom is 0.435 e. The molecular weight excluding hydrogens is 404 g/mol. The molecule has 0 fully saturated rings. The molecule has 27 heavy (non-hydrogen) atoms. The molecular formula is C17H9Cl2F3N4O. The lowest BCUT2D eigenvalue weighted by Gasteiger charge is -2.09. The van der Waals surface area contributed by atoms with E-state index in [9.17, 15) is 18.0 Å². The van der Waals surface area contributed by atoms with Crippen LogP contribution in [0.15, 0.2) is 36.5 Å². The quantitative estimate of drug-likeness (QED) is 0.659. The van der Waals surface area contributed by atoms with Crippen LogP contribution in [0.25, 0.3) is 5.65 Å². The van der Waals surface area contributed by atoms with Crippen molar-refractivity contribution in [2.75, 3.05) is 5.32 Å². The zero-order valence-electron chi connectivity index (χ0n) is 13.3. The predicted molar refractivity (Wildman–Crippen MR) is 93.9 cm³/mol. The fraction of sp³-hybridized carbons (Fsp3) is 0.118. The number of nitrogens with zero attached hydrogens (tertiary/aromatic N) is 3. The van der Waals surface area contributed by atoms with Gasteiger partial charge in [-0.15, -0.1) is 0 Å². The van der Waals surface area contributed by atoms with E-state index in [1.54, 1.807) is 12.1 Å². The monoisotopic (exact) mass is 412 g/mol. The van der Waals surface area contributed by atoms with Crippen LogP contribution in [-0.2, 0) is 12.6 Å². The van der Waals surface area contributed by atoms with Crippen molar-refractivity contribution in [3.8, 4) is 6.07 Å². The second kappa shape index (κ2) is 7.10. The number of imidazole rings is 1. The number of fused-ring (bicyclic) bond motifs is 1. The maximum atomic E-state index is 13.3. The van der Waals surface area contributed by atoms with E-state index in [0.29, 0.717) is 0 Å². The summed E-state index contributed by atoms with van der Waals surface area (Å²) in [5.74, 6) is -0.697. The molecule has 3 aromatic rings. The summed E-state index contributed by atoms with van der Waals surface area (Å²) in [4.78, 5) is 16.1. The number of aromatic nitrogens is 2. The summed E-state index contributed by atoms with van der Waals surface area (Å²) in [7, 11) is 0. The van der Waals surface area contributed by atoms with Crippen LogP contribution in [0.5, 0.6) is 0 Å². The van der Waals surface area contributed by atoms with Gasteiger partial charge in [0.15, 0.2) is 11.3 Å². The van der Waals surface area contributed by atoms with Gasteiger partial charge in [-0.2, -0.15) is 18.4 Å². The van der Waals surface area contributed by atoms with Crippen molar-refractivity contribution in [3.63, 3.8) is 0 Å². The third-order valence-electron chi connectivity index (χ3n) is 3.70. The number of hydrogen-bond donors (Lipinski definition) is 1. The van der Waals surface area contributed by atoms with Crippen LogP contribution in [0.2, 0.25) is 10.0 Å². The molecule has 0 aliphatic heterocycles. The van der Waals surface area contributed by atoms with Gasteiger partial charge in [0, 0.05) is 6.20 Å². The Hall–Kier alpha value is -2.76. The number of benzene rings is 1. The van der Waals surface area contributed by atoms with Gasteiger partial charge in [0.2, 0.25) is 0 Å². The number of nitriles is 1. The normalized spacial score (nSPS) is 11.4. The first-order chi connectivity index (χ1) is 12.7. The zero-order valence-corrected chi connectivity index (χ0v) is 14.8. The van der Waals surface area contributed by atoms with Crippen molar-refractivity contribution in [1.29, 1.82) is 5.26 Å². The molecule has 1 aromatic carbocycles. The first-order valence-corrected chi connectivity index (χ1v) is 8.19. The topological polar surface area (TPSA) is 70.2 Å². The Kier molecular flexibility index (Phi) is 5.00. The number of anilines is 1. The molecule has 3 rings (SSSR count). The van der Waals surface area contributed by atoms with Crippen LogP contribution in [0, 0.1) is 11.3 Å². The molecule has 2 heterocycles. The number of pyridine rings is 1. The smallest absolute Gasteiger partial charge is 0.319 e. The Bertz CT molecular complexity index is 1070. The van der Waals surface area contributed by atoms with Gasteiger partial charge in [-0.3, -0.25) is 4.79 Å². The first kappa shape index (κ1) is 19.0. The molecule has 0 atom stereocenters. The van der Waals surface area contributed by atoms with Crippen molar-refractivity contribution in [1.82, 2.24) is 9.38 Å². The van der Waals surface area contributed by atoms with Crippen LogP contribution >= 0.6 is 23.2 Å². The number of hydrogen-bond acceptors (Lipinski definition) is 3. The molecule has 0 aliphatic carbocycles. The number of carbonyl (C=O) groups excluding carboxylic acids is 1. The Balaban J connectivity index is 2.11. The maximum absolute atomic E-state index is 13.3. The molecule has 0 unspecified atom stereocenters. The van der Waals surface area contributed by atoms with Crippen molar-refractivity contribution >= 4 is 40.4 Å². The molecule has 138 valence electrons. The van der Waals surface area contributed by atoms with Gasteiger partial charge >= 0.3 is 6.18 Å². The summed E-state index contributed by atoms with van der Waals surface area (Å²) >= 11 is 12.0. The van der Waals surface area contributed by atoms with Crippen molar-refractivity contribution in [2.45, 2.75) is 12.6 Å². The van der Waals surface area contributed by atoms with Gasteiger partial charge in [-0.1, -0.05) is 29.3 Å². The number of halogens is 5. The zero-order chi connectivity index (χ0) is 19.8. The van der Waals surface area contributed by atoms with Gasteiger partial charge < -0.3 is 9.72 Å². The standard InChI is InChI=1S/C17H9Cl2F3N4O/c18-9-3-1-4-10(19)13(9)16(27)24-11-5-2-8-26-12(6-7-23)14(17(20,21)22)25-15(11)26/h1-5,8H,6H2,(H,24,27). The third kappa shape index (κ3) is 3.56. The minimum Gasteiger partial charge on any atom is -0.319 e. The highest BCUT2D eigenvalue weighted by atomic mass is 35.5. The molecule has 0 aliphatic rings. The van der Waals surface area contributed by atoms with Crippen LogP contribution < -0.4 is 5.32 Å². The summed E-state index contributed by atoms with van der Waals surface area (Å²) in [6.07, 6.45) is -3.91. The van der Waals surface area contributed by atoms with Gasteiger partial charge in [-0.25, -0.2) is 4.98 Å². The predicted octanol–water partition coefficient (Wildman–Crippen LogP) is 4.98. The second-order valence-electron chi connectivity index (χ2n) is 5.41. The molecule has 1 N–H and O–H groups in total. The first-order valence-electron chi connectivity index (χ1n) is 7.43. The van der Waals surface area contributed by atoms with Crippen molar-refractivity contribution in [2.24, 2.45) is 0 Å². The molecule has 0 radical (unpaired) electrons. The summed E-state index contributed by atoms with van der Waals surface area (Å²) in [5, 5.41) is 11.5. The van der Waals surface area contributed by atoms with E-state index in [2.05, 4.69) is 10.3 Å². The van der Waals surface area contributed by atoms with Crippen LogP contribution in [0.1, 0.15) is 21.7 Å². The summed E-state index contributed by atoms with van der Waals surface area (Å²) in [5.41, 5.74) is -1.63.